The van der Waals surface area contributed by atoms with Crippen molar-refractivity contribution in [3.05, 3.63) is 275 Å². The summed E-state index contributed by atoms with van der Waals surface area (Å²) in [5.74, 6) is 1.68. The van der Waals surface area contributed by atoms with Crippen LogP contribution in [0.25, 0.3) is 66.9 Å². The fraction of sp³-hybridized carbons (Fsp3) is 0.103. The quantitative estimate of drug-likeness (QED) is 0.121. The fourth-order valence-corrected chi connectivity index (χ4v) is 11.0. The first-order chi connectivity index (χ1) is 35.2. The van der Waals surface area contributed by atoms with Crippen molar-refractivity contribution in [1.29, 1.82) is 0 Å². The van der Waals surface area contributed by atoms with Gasteiger partial charge in [-0.1, -0.05) is 205 Å². The van der Waals surface area contributed by atoms with Gasteiger partial charge in [-0.3, -0.25) is 4.90 Å². The van der Waals surface area contributed by atoms with E-state index in [4.69, 9.17) is 15.0 Å². The van der Waals surface area contributed by atoms with Gasteiger partial charge in [0.05, 0.1) is 5.69 Å². The van der Waals surface area contributed by atoms with Crippen LogP contribution in [-0.2, 0) is 0 Å². The maximum absolute atomic E-state index is 5.63. The third-order valence-electron chi connectivity index (χ3n) is 14.1. The van der Waals surface area contributed by atoms with Crippen LogP contribution in [0.2, 0.25) is 0 Å². The molecule has 0 unspecified atom stereocenters. The second-order valence-electron chi connectivity index (χ2n) is 19.2. The molecule has 0 saturated carbocycles. The SMILES string of the molecule is Cc1cc(C)c(C(c2ccc(N(c3nc(-c4ccccc4-c4ccccc4)nc(-c4cc5ccccc5cc4-c4ccccc4)n3)c3ccccc3-c3ccccc3)cc2)c2c(C)cc(C)cc2C)c(C)c1. The molecular formula is C68H56N4. The summed E-state index contributed by atoms with van der Waals surface area (Å²) in [7, 11) is 0. The fourth-order valence-electron chi connectivity index (χ4n) is 11.0. The van der Waals surface area contributed by atoms with Gasteiger partial charge in [0.15, 0.2) is 11.6 Å². The number of fused-ring (bicyclic) bond motifs is 1. The zero-order valence-electron chi connectivity index (χ0n) is 41.7. The van der Waals surface area contributed by atoms with Gasteiger partial charge >= 0.3 is 0 Å². The Hall–Kier alpha value is -8.73. The van der Waals surface area contributed by atoms with Crippen LogP contribution in [0.3, 0.4) is 0 Å². The first-order valence-electron chi connectivity index (χ1n) is 24.9. The Bertz CT molecular complexity index is 3650. The van der Waals surface area contributed by atoms with Crippen molar-refractivity contribution in [1.82, 2.24) is 15.0 Å². The summed E-state index contributed by atoms with van der Waals surface area (Å²) in [4.78, 5) is 19.0. The van der Waals surface area contributed by atoms with Crippen molar-refractivity contribution >= 4 is 28.1 Å². The molecule has 10 aromatic carbocycles. The van der Waals surface area contributed by atoms with E-state index in [1.165, 1.54) is 50.1 Å². The molecule has 1 heterocycles. The molecule has 0 aliphatic heterocycles. The highest BCUT2D eigenvalue weighted by Gasteiger charge is 2.28. The molecule has 11 rings (SSSR count). The molecule has 0 fully saturated rings. The summed E-state index contributed by atoms with van der Waals surface area (Å²) in [5, 5.41) is 2.25. The number of hydrogen-bond donors (Lipinski definition) is 0. The Kier molecular flexibility index (Phi) is 12.4. The monoisotopic (exact) mass is 928 g/mol. The zero-order valence-corrected chi connectivity index (χ0v) is 41.7. The topological polar surface area (TPSA) is 41.9 Å². The van der Waals surface area contributed by atoms with E-state index >= 15 is 0 Å². The van der Waals surface area contributed by atoms with Crippen LogP contribution in [0.15, 0.2) is 224 Å². The van der Waals surface area contributed by atoms with E-state index in [-0.39, 0.29) is 5.92 Å². The second-order valence-corrected chi connectivity index (χ2v) is 19.2. The van der Waals surface area contributed by atoms with E-state index in [2.05, 4.69) is 271 Å². The lowest BCUT2D eigenvalue weighted by Gasteiger charge is -2.29. The summed E-state index contributed by atoms with van der Waals surface area (Å²) in [5.41, 5.74) is 21.8. The summed E-state index contributed by atoms with van der Waals surface area (Å²) in [6.45, 7) is 13.5. The van der Waals surface area contributed by atoms with Crippen molar-refractivity contribution in [2.24, 2.45) is 0 Å². The molecule has 348 valence electrons. The Morgan fingerprint density at radius 1 is 0.333 bits per heavy atom. The van der Waals surface area contributed by atoms with Crippen LogP contribution in [0, 0.1) is 41.5 Å². The van der Waals surface area contributed by atoms with E-state index in [9.17, 15) is 0 Å². The van der Waals surface area contributed by atoms with E-state index in [0.29, 0.717) is 17.6 Å². The highest BCUT2D eigenvalue weighted by atomic mass is 15.3. The molecule has 4 nitrogen and oxygen atoms in total. The van der Waals surface area contributed by atoms with Crippen LogP contribution >= 0.6 is 0 Å². The highest BCUT2D eigenvalue weighted by molar-refractivity contribution is 5.96. The third-order valence-corrected chi connectivity index (χ3v) is 14.1. The van der Waals surface area contributed by atoms with Gasteiger partial charge in [0.25, 0.3) is 0 Å². The number of aromatic nitrogens is 3. The molecule has 0 atom stereocenters. The number of para-hydroxylation sites is 1. The minimum Gasteiger partial charge on any atom is -0.278 e. The van der Waals surface area contributed by atoms with Crippen LogP contribution < -0.4 is 4.90 Å². The van der Waals surface area contributed by atoms with E-state index in [0.717, 1.165) is 66.7 Å². The maximum Gasteiger partial charge on any atom is 0.238 e. The molecule has 0 saturated heterocycles. The predicted molar refractivity (Wildman–Crippen MR) is 301 cm³/mol. The average molecular weight is 929 g/mol. The maximum atomic E-state index is 5.63. The first-order valence-corrected chi connectivity index (χ1v) is 24.9. The lowest BCUT2D eigenvalue weighted by atomic mass is 9.77. The highest BCUT2D eigenvalue weighted by Crippen LogP contribution is 2.45. The summed E-state index contributed by atoms with van der Waals surface area (Å²) >= 11 is 0. The minimum absolute atomic E-state index is 0.0134. The molecule has 0 amide bonds. The van der Waals surface area contributed by atoms with Gasteiger partial charge < -0.3 is 0 Å². The predicted octanol–water partition coefficient (Wildman–Crippen LogP) is 17.9. The Balaban J connectivity index is 1.19. The number of anilines is 3. The lowest BCUT2D eigenvalue weighted by molar-refractivity contribution is 0.919. The van der Waals surface area contributed by atoms with Crippen LogP contribution in [0.5, 0.6) is 0 Å². The molecule has 4 heteroatoms. The van der Waals surface area contributed by atoms with Gasteiger partial charge in [0.1, 0.15) is 0 Å². The van der Waals surface area contributed by atoms with Gasteiger partial charge in [-0.15, -0.1) is 0 Å². The third kappa shape index (κ3) is 8.88. The first kappa shape index (κ1) is 45.7. The zero-order chi connectivity index (χ0) is 49.3. The van der Waals surface area contributed by atoms with Gasteiger partial charge in [0.2, 0.25) is 5.95 Å². The number of aryl methyl sites for hydroxylation is 6. The molecule has 0 aliphatic rings. The number of nitrogens with zero attached hydrogens (tertiary/aromatic N) is 4. The molecule has 0 N–H and O–H groups in total. The molecule has 72 heavy (non-hydrogen) atoms. The van der Waals surface area contributed by atoms with Crippen molar-refractivity contribution in [2.75, 3.05) is 4.90 Å². The van der Waals surface area contributed by atoms with Gasteiger partial charge in [0, 0.05) is 28.3 Å². The second kappa shape index (κ2) is 19.6. The average Bonchev–Trinajstić information content (AvgIpc) is 3.40. The van der Waals surface area contributed by atoms with Crippen molar-refractivity contribution in [3.63, 3.8) is 0 Å². The van der Waals surface area contributed by atoms with E-state index < -0.39 is 0 Å². The normalized spacial score (nSPS) is 11.3. The van der Waals surface area contributed by atoms with Gasteiger partial charge in [-0.05, 0) is 149 Å². The number of rotatable bonds is 11. The molecular weight excluding hydrogens is 873 g/mol. The Morgan fingerprint density at radius 2 is 0.736 bits per heavy atom. The number of hydrogen-bond acceptors (Lipinski definition) is 4. The summed E-state index contributed by atoms with van der Waals surface area (Å²) in [6, 6.07) is 80.2. The van der Waals surface area contributed by atoms with Gasteiger partial charge in [-0.2, -0.15) is 9.97 Å². The van der Waals surface area contributed by atoms with Crippen molar-refractivity contribution in [3.8, 4) is 56.2 Å². The summed E-state index contributed by atoms with van der Waals surface area (Å²) in [6.07, 6.45) is 0. The van der Waals surface area contributed by atoms with Crippen molar-refractivity contribution < 1.29 is 0 Å². The molecule has 0 radical (unpaired) electrons. The molecule has 0 bridgehead atoms. The Labute approximate surface area is 424 Å². The van der Waals surface area contributed by atoms with E-state index in [1.54, 1.807) is 0 Å². The summed E-state index contributed by atoms with van der Waals surface area (Å²) < 4.78 is 0. The molecule has 0 spiro atoms. The van der Waals surface area contributed by atoms with E-state index in [1.807, 2.05) is 0 Å². The minimum atomic E-state index is 0.0134. The number of benzene rings is 10. The van der Waals surface area contributed by atoms with Crippen LogP contribution in [0.4, 0.5) is 17.3 Å². The lowest BCUT2D eigenvalue weighted by Crippen LogP contribution is -2.17. The molecule has 0 aliphatic carbocycles. The van der Waals surface area contributed by atoms with Gasteiger partial charge in [-0.25, -0.2) is 4.98 Å². The van der Waals surface area contributed by atoms with Crippen LogP contribution in [-0.4, -0.2) is 15.0 Å². The van der Waals surface area contributed by atoms with Crippen molar-refractivity contribution in [2.45, 2.75) is 47.5 Å². The smallest absolute Gasteiger partial charge is 0.238 e. The molecule has 1 aromatic heterocycles. The van der Waals surface area contributed by atoms with Crippen LogP contribution in [0.1, 0.15) is 56.0 Å². The Morgan fingerprint density at radius 3 is 1.26 bits per heavy atom. The largest absolute Gasteiger partial charge is 0.278 e. The standard InChI is InChI=1S/C68H56N4/c1-44-38-46(3)63(47(4)39-44)65(64-48(5)40-45(2)41-49(64)6)53-34-36-56(37-35-53)72(62-33-21-20-31-58(62)51-24-12-8-13-25-51)68-70-66(59-32-19-18-30-57(59)50-22-10-7-11-23-50)69-67(71-68)61-43-55-29-17-16-28-54(55)42-60(61)52-26-14-9-15-27-52/h7-43,65H,1-6H3. The molecule has 11 aromatic rings.